The van der Waals surface area contributed by atoms with Gasteiger partial charge in [-0.1, -0.05) is 31.0 Å². The number of rotatable bonds is 6. The second-order valence-electron chi connectivity index (χ2n) is 5.14. The topological polar surface area (TPSA) is 96.3 Å². The van der Waals surface area contributed by atoms with Gasteiger partial charge in [-0.15, -0.1) is 0 Å². The van der Waals surface area contributed by atoms with Crippen LogP contribution < -0.4 is 4.90 Å². The highest BCUT2D eigenvalue weighted by Crippen LogP contribution is 2.30. The van der Waals surface area contributed by atoms with Crippen LogP contribution in [0.3, 0.4) is 0 Å². The minimum Gasteiger partial charge on any atom is -0.290 e. The van der Waals surface area contributed by atoms with Crippen molar-refractivity contribution in [3.8, 4) is 0 Å². The third kappa shape index (κ3) is 4.54. The van der Waals surface area contributed by atoms with Crippen LogP contribution in [0.5, 0.6) is 0 Å². The van der Waals surface area contributed by atoms with Crippen LogP contribution in [0.15, 0.2) is 24.3 Å². The van der Waals surface area contributed by atoms with Crippen LogP contribution in [0.1, 0.15) is 25.3 Å². The van der Waals surface area contributed by atoms with Crippen molar-refractivity contribution in [2.45, 2.75) is 32.1 Å². The number of anilines is 2. The van der Waals surface area contributed by atoms with E-state index in [1.54, 1.807) is 31.2 Å². The Morgan fingerprint density at radius 2 is 1.67 bits per heavy atom. The molecule has 0 radical (unpaired) electrons. The lowest BCUT2D eigenvalue weighted by Crippen LogP contribution is -2.39. The third-order valence-corrected chi connectivity index (χ3v) is 4.74. The van der Waals surface area contributed by atoms with E-state index in [1.165, 1.54) is 4.90 Å². The van der Waals surface area contributed by atoms with Gasteiger partial charge in [-0.25, -0.2) is 0 Å². The number of benzene rings is 1. The third-order valence-electron chi connectivity index (χ3n) is 3.26. The molecule has 7 nitrogen and oxygen atoms in total. The maximum Gasteiger partial charge on any atom is 0.286 e. The molecular formula is C14H16Cl2N4O3S. The number of aryl methyl sites for hydroxylation is 1. The lowest BCUT2D eigenvalue weighted by atomic mass is 10.2. The van der Waals surface area contributed by atoms with Gasteiger partial charge in [-0.3, -0.25) is 9.45 Å². The van der Waals surface area contributed by atoms with Crippen molar-refractivity contribution in [3.63, 3.8) is 0 Å². The molecule has 0 amide bonds. The average molecular weight is 391 g/mol. The van der Waals surface area contributed by atoms with Crippen LogP contribution in [0.2, 0.25) is 10.6 Å². The summed E-state index contributed by atoms with van der Waals surface area (Å²) in [6.07, 6.45) is 0.674. The molecule has 10 heteroatoms. The molecule has 24 heavy (non-hydrogen) atoms. The number of hydrogen-bond donors (Lipinski definition) is 1. The fourth-order valence-electron chi connectivity index (χ4n) is 2.20. The monoisotopic (exact) mass is 390 g/mol. The summed E-state index contributed by atoms with van der Waals surface area (Å²) >= 11 is 11.6. The highest BCUT2D eigenvalue weighted by molar-refractivity contribution is 7.86. The number of hydrogen-bond acceptors (Lipinski definition) is 6. The van der Waals surface area contributed by atoms with Crippen molar-refractivity contribution in [2.24, 2.45) is 0 Å². The minimum atomic E-state index is -4.42. The summed E-state index contributed by atoms with van der Waals surface area (Å²) in [6.45, 7) is 3.70. The summed E-state index contributed by atoms with van der Waals surface area (Å²) in [5.41, 5.74) is 1.47. The Kier molecular flexibility index (Phi) is 5.97. The molecule has 0 saturated carbocycles. The van der Waals surface area contributed by atoms with Gasteiger partial charge < -0.3 is 0 Å². The largest absolute Gasteiger partial charge is 0.290 e. The van der Waals surface area contributed by atoms with Gasteiger partial charge in [0.05, 0.1) is 0 Å². The van der Waals surface area contributed by atoms with E-state index >= 15 is 0 Å². The fourth-order valence-corrected chi connectivity index (χ4v) is 3.57. The van der Waals surface area contributed by atoms with Crippen LogP contribution in [0, 0.1) is 6.92 Å². The molecule has 0 spiro atoms. The first-order chi connectivity index (χ1) is 11.2. The molecule has 0 aliphatic rings. The highest BCUT2D eigenvalue weighted by Gasteiger charge is 2.33. The average Bonchev–Trinajstić information content (AvgIpc) is 2.46. The second-order valence-corrected chi connectivity index (χ2v) is 7.39. The quantitative estimate of drug-likeness (QED) is 0.751. The predicted octanol–water partition coefficient (Wildman–Crippen LogP) is 3.64. The lowest BCUT2D eigenvalue weighted by molar-refractivity contribution is 0.460. The molecular weight excluding hydrogens is 375 g/mol. The highest BCUT2D eigenvalue weighted by atomic mass is 35.5. The Morgan fingerprint density at radius 1 is 1.12 bits per heavy atom. The number of aromatic nitrogens is 3. The zero-order valence-electron chi connectivity index (χ0n) is 13.0. The maximum absolute atomic E-state index is 11.9. The molecule has 2 aromatic rings. The van der Waals surface area contributed by atoms with E-state index in [0.29, 0.717) is 12.1 Å². The molecule has 0 aliphatic carbocycles. The Labute approximate surface area is 150 Å². The van der Waals surface area contributed by atoms with Crippen LogP contribution in [-0.2, 0) is 10.1 Å². The second kappa shape index (κ2) is 7.60. The van der Waals surface area contributed by atoms with E-state index in [1.807, 2.05) is 6.92 Å². The van der Waals surface area contributed by atoms with Crippen molar-refractivity contribution < 1.29 is 13.0 Å². The van der Waals surface area contributed by atoms with Crippen molar-refractivity contribution >= 4 is 45.0 Å². The van der Waals surface area contributed by atoms with Crippen LogP contribution in [0.4, 0.5) is 11.6 Å². The maximum atomic E-state index is 11.9. The summed E-state index contributed by atoms with van der Waals surface area (Å²) in [5, 5.41) is -1.62. The van der Waals surface area contributed by atoms with Crippen LogP contribution >= 0.6 is 23.2 Å². The van der Waals surface area contributed by atoms with E-state index in [2.05, 4.69) is 15.0 Å². The molecule has 0 saturated heterocycles. The van der Waals surface area contributed by atoms with Crippen molar-refractivity contribution in [1.29, 1.82) is 0 Å². The molecule has 0 fully saturated rings. The zero-order valence-corrected chi connectivity index (χ0v) is 15.3. The van der Waals surface area contributed by atoms with Gasteiger partial charge in [0.2, 0.25) is 16.5 Å². The SMILES string of the molecule is CCCC(N(c1ccc(C)cc1)c1nc(Cl)nc(Cl)n1)S(=O)(=O)O. The van der Waals surface area contributed by atoms with Gasteiger partial charge in [0.1, 0.15) is 0 Å². The van der Waals surface area contributed by atoms with Gasteiger partial charge >= 0.3 is 0 Å². The first-order valence-electron chi connectivity index (χ1n) is 7.11. The Morgan fingerprint density at radius 3 is 2.12 bits per heavy atom. The Bertz CT molecular complexity index is 795. The Balaban J connectivity index is 2.66. The Hall–Kier alpha value is -1.48. The van der Waals surface area contributed by atoms with Gasteiger partial charge in [-0.2, -0.15) is 23.4 Å². The predicted molar refractivity (Wildman–Crippen MR) is 93.4 cm³/mol. The number of nitrogens with zero attached hydrogens (tertiary/aromatic N) is 4. The first-order valence-corrected chi connectivity index (χ1v) is 9.37. The molecule has 2 rings (SSSR count). The van der Waals surface area contributed by atoms with Gasteiger partial charge in [0, 0.05) is 5.69 Å². The van der Waals surface area contributed by atoms with Gasteiger partial charge in [0.25, 0.3) is 10.1 Å². The molecule has 1 unspecified atom stereocenters. The van der Waals surface area contributed by atoms with E-state index < -0.39 is 15.5 Å². The van der Waals surface area contributed by atoms with Crippen molar-refractivity contribution in [1.82, 2.24) is 15.0 Å². The molecule has 130 valence electrons. The smallest absolute Gasteiger partial charge is 0.286 e. The van der Waals surface area contributed by atoms with Crippen molar-refractivity contribution in [2.75, 3.05) is 4.90 Å². The van der Waals surface area contributed by atoms with E-state index in [-0.39, 0.29) is 22.9 Å². The zero-order chi connectivity index (χ0) is 17.9. The molecule has 1 aromatic carbocycles. The molecule has 1 aromatic heterocycles. The molecule has 0 aliphatic heterocycles. The molecule has 1 heterocycles. The summed E-state index contributed by atoms with van der Waals surface area (Å²) < 4.78 is 33.5. The molecule has 1 atom stereocenters. The van der Waals surface area contributed by atoms with E-state index in [9.17, 15) is 13.0 Å². The van der Waals surface area contributed by atoms with E-state index in [4.69, 9.17) is 23.2 Å². The molecule has 0 bridgehead atoms. The van der Waals surface area contributed by atoms with E-state index in [0.717, 1.165) is 5.56 Å². The van der Waals surface area contributed by atoms with Gasteiger partial charge in [-0.05, 0) is 48.7 Å². The normalized spacial score (nSPS) is 12.9. The lowest BCUT2D eigenvalue weighted by Gasteiger charge is -2.29. The summed E-state index contributed by atoms with van der Waals surface area (Å²) in [5.74, 6) is -0.0556. The summed E-state index contributed by atoms with van der Waals surface area (Å²) in [7, 11) is -4.42. The van der Waals surface area contributed by atoms with Crippen molar-refractivity contribution in [3.05, 3.63) is 40.4 Å². The van der Waals surface area contributed by atoms with Crippen LogP contribution in [0.25, 0.3) is 0 Å². The number of halogens is 2. The van der Waals surface area contributed by atoms with Gasteiger partial charge in [0.15, 0.2) is 5.37 Å². The summed E-state index contributed by atoms with van der Waals surface area (Å²) in [6, 6.07) is 7.02. The molecule has 1 N–H and O–H groups in total. The standard InChI is InChI=1S/C14H16Cl2N4O3S/c1-3-4-11(24(21,22)23)20(10-7-5-9(2)6-8-10)14-18-12(15)17-13(16)19-14/h5-8,11H,3-4H2,1-2H3,(H,21,22,23). The summed E-state index contributed by atoms with van der Waals surface area (Å²) in [4.78, 5) is 12.9. The minimum absolute atomic E-state index is 0.0556. The fraction of sp³-hybridized carbons (Fsp3) is 0.357. The van der Waals surface area contributed by atoms with Crippen LogP contribution in [-0.4, -0.2) is 33.3 Å². The first kappa shape index (κ1) is 18.9.